The zero-order valence-corrected chi connectivity index (χ0v) is 12.9. The maximum absolute atomic E-state index is 11.7. The highest BCUT2D eigenvalue weighted by molar-refractivity contribution is 9.09. The molecule has 1 amide bonds. The number of alkyl halides is 1. The van der Waals surface area contributed by atoms with E-state index in [2.05, 4.69) is 33.4 Å². The Morgan fingerprint density at radius 3 is 2.74 bits per heavy atom. The first-order chi connectivity index (χ1) is 9.24. The Morgan fingerprint density at radius 1 is 1.26 bits per heavy atom. The Kier molecular flexibility index (Phi) is 5.90. The molecule has 0 spiro atoms. The first-order valence-corrected chi connectivity index (χ1v) is 8.10. The zero-order chi connectivity index (χ0) is 13.5. The molecule has 19 heavy (non-hydrogen) atoms. The van der Waals surface area contributed by atoms with Crippen molar-refractivity contribution in [1.29, 1.82) is 0 Å². The highest BCUT2D eigenvalue weighted by Gasteiger charge is 2.22. The molecule has 0 saturated heterocycles. The van der Waals surface area contributed by atoms with Gasteiger partial charge in [0, 0.05) is 17.8 Å². The van der Waals surface area contributed by atoms with Crippen LogP contribution in [-0.2, 0) is 11.2 Å². The lowest BCUT2D eigenvalue weighted by Gasteiger charge is -2.10. The summed E-state index contributed by atoms with van der Waals surface area (Å²) in [5, 5.41) is 3.07. The standard InChI is InChI=1S/C16H22BrNO/c17-15-10-9-14(11-15)12-18-16(19)8-4-7-13-5-2-1-3-6-13/h1-3,5-6,14-15H,4,7-12H2,(H,18,19). The fourth-order valence-electron chi connectivity index (χ4n) is 2.64. The molecule has 0 heterocycles. The lowest BCUT2D eigenvalue weighted by molar-refractivity contribution is -0.121. The van der Waals surface area contributed by atoms with Crippen LogP contribution >= 0.6 is 15.9 Å². The summed E-state index contributed by atoms with van der Waals surface area (Å²) in [4.78, 5) is 12.4. The van der Waals surface area contributed by atoms with Gasteiger partial charge in [-0.1, -0.05) is 46.3 Å². The molecule has 3 heteroatoms. The zero-order valence-electron chi connectivity index (χ0n) is 11.3. The van der Waals surface area contributed by atoms with E-state index in [1.54, 1.807) is 0 Å². The van der Waals surface area contributed by atoms with Crippen molar-refractivity contribution < 1.29 is 4.79 Å². The Morgan fingerprint density at radius 2 is 2.05 bits per heavy atom. The minimum absolute atomic E-state index is 0.203. The molecule has 0 bridgehead atoms. The van der Waals surface area contributed by atoms with Crippen molar-refractivity contribution in [2.45, 2.75) is 43.4 Å². The van der Waals surface area contributed by atoms with Crippen LogP contribution in [0, 0.1) is 5.92 Å². The Hall–Kier alpha value is -0.830. The van der Waals surface area contributed by atoms with Crippen molar-refractivity contribution in [3.8, 4) is 0 Å². The van der Waals surface area contributed by atoms with Gasteiger partial charge in [0.2, 0.25) is 5.91 Å². The fourth-order valence-corrected chi connectivity index (χ4v) is 3.44. The summed E-state index contributed by atoms with van der Waals surface area (Å²) in [6, 6.07) is 10.4. The summed E-state index contributed by atoms with van der Waals surface area (Å²) in [6.45, 7) is 0.853. The maximum Gasteiger partial charge on any atom is 0.220 e. The van der Waals surface area contributed by atoms with Gasteiger partial charge >= 0.3 is 0 Å². The van der Waals surface area contributed by atoms with Gasteiger partial charge in [-0.3, -0.25) is 4.79 Å². The molecule has 2 nitrogen and oxygen atoms in total. The molecule has 0 aliphatic heterocycles. The van der Waals surface area contributed by atoms with Crippen molar-refractivity contribution in [3.63, 3.8) is 0 Å². The summed E-state index contributed by atoms with van der Waals surface area (Å²) >= 11 is 3.64. The van der Waals surface area contributed by atoms with E-state index in [1.165, 1.54) is 24.8 Å². The molecule has 1 fully saturated rings. The molecule has 1 aromatic carbocycles. The van der Waals surface area contributed by atoms with Gasteiger partial charge < -0.3 is 5.32 Å². The maximum atomic E-state index is 11.7. The van der Waals surface area contributed by atoms with E-state index in [4.69, 9.17) is 0 Å². The Labute approximate surface area is 124 Å². The average molecular weight is 324 g/mol. The van der Waals surface area contributed by atoms with Crippen LogP contribution in [0.25, 0.3) is 0 Å². The number of halogens is 1. The highest BCUT2D eigenvalue weighted by atomic mass is 79.9. The summed E-state index contributed by atoms with van der Waals surface area (Å²) in [6.07, 6.45) is 6.24. The van der Waals surface area contributed by atoms with Crippen molar-refractivity contribution in [2.24, 2.45) is 5.92 Å². The van der Waals surface area contributed by atoms with Crippen molar-refractivity contribution >= 4 is 21.8 Å². The molecule has 1 aliphatic carbocycles. The van der Waals surface area contributed by atoms with E-state index in [-0.39, 0.29) is 5.91 Å². The second-order valence-corrected chi connectivity index (χ2v) is 6.71. The number of nitrogens with one attached hydrogen (secondary N) is 1. The van der Waals surface area contributed by atoms with Crippen LogP contribution in [0.3, 0.4) is 0 Å². The lowest BCUT2D eigenvalue weighted by Crippen LogP contribution is -2.28. The van der Waals surface area contributed by atoms with Gasteiger partial charge in [-0.25, -0.2) is 0 Å². The highest BCUT2D eigenvalue weighted by Crippen LogP contribution is 2.29. The third-order valence-electron chi connectivity index (χ3n) is 3.78. The molecular weight excluding hydrogens is 302 g/mol. The molecule has 1 N–H and O–H groups in total. The summed E-state index contributed by atoms with van der Waals surface area (Å²) < 4.78 is 0. The van der Waals surface area contributed by atoms with Gasteiger partial charge in [-0.05, 0) is 43.6 Å². The van der Waals surface area contributed by atoms with Crippen LogP contribution in [0.1, 0.15) is 37.7 Å². The first-order valence-electron chi connectivity index (χ1n) is 7.18. The minimum atomic E-state index is 0.203. The van der Waals surface area contributed by atoms with Crippen molar-refractivity contribution in [3.05, 3.63) is 35.9 Å². The Bertz CT molecular complexity index is 393. The molecule has 1 saturated carbocycles. The quantitative estimate of drug-likeness (QED) is 0.795. The van der Waals surface area contributed by atoms with E-state index in [9.17, 15) is 4.79 Å². The largest absolute Gasteiger partial charge is 0.356 e. The summed E-state index contributed by atoms with van der Waals surface area (Å²) in [7, 11) is 0. The molecule has 104 valence electrons. The predicted octanol–water partition coefficient (Wildman–Crippen LogP) is 3.69. The van der Waals surface area contributed by atoms with Crippen LogP contribution in [0.4, 0.5) is 0 Å². The van der Waals surface area contributed by atoms with E-state index < -0.39 is 0 Å². The van der Waals surface area contributed by atoms with Crippen LogP contribution in [0.2, 0.25) is 0 Å². The number of carbonyl (C=O) groups is 1. The number of hydrogen-bond acceptors (Lipinski definition) is 1. The smallest absolute Gasteiger partial charge is 0.220 e. The predicted molar refractivity (Wildman–Crippen MR) is 82.4 cm³/mol. The van der Waals surface area contributed by atoms with E-state index in [0.29, 0.717) is 17.2 Å². The summed E-state index contributed by atoms with van der Waals surface area (Å²) in [5.41, 5.74) is 1.31. The number of amides is 1. The third-order valence-corrected chi connectivity index (χ3v) is 4.61. The number of carbonyl (C=O) groups excluding carboxylic acids is 1. The topological polar surface area (TPSA) is 29.1 Å². The van der Waals surface area contributed by atoms with Crippen molar-refractivity contribution in [2.75, 3.05) is 6.54 Å². The van der Waals surface area contributed by atoms with Gasteiger partial charge in [-0.15, -0.1) is 0 Å². The van der Waals surface area contributed by atoms with Crippen LogP contribution < -0.4 is 5.32 Å². The number of benzene rings is 1. The van der Waals surface area contributed by atoms with Gasteiger partial charge in [0.15, 0.2) is 0 Å². The number of rotatable bonds is 6. The third kappa shape index (κ3) is 5.35. The molecule has 2 unspecified atom stereocenters. The van der Waals surface area contributed by atoms with E-state index >= 15 is 0 Å². The SMILES string of the molecule is O=C(CCCc1ccccc1)NCC1CCC(Br)C1. The molecule has 1 aliphatic rings. The van der Waals surface area contributed by atoms with Crippen LogP contribution in [-0.4, -0.2) is 17.3 Å². The molecule has 2 rings (SSSR count). The molecule has 0 aromatic heterocycles. The number of aryl methyl sites for hydroxylation is 1. The molecule has 0 radical (unpaired) electrons. The van der Waals surface area contributed by atoms with Crippen LogP contribution in [0.15, 0.2) is 30.3 Å². The van der Waals surface area contributed by atoms with Gasteiger partial charge in [0.1, 0.15) is 0 Å². The van der Waals surface area contributed by atoms with Crippen LogP contribution in [0.5, 0.6) is 0 Å². The Balaban J connectivity index is 1.57. The van der Waals surface area contributed by atoms with Gasteiger partial charge in [-0.2, -0.15) is 0 Å². The molecular formula is C16H22BrNO. The second-order valence-electron chi connectivity index (χ2n) is 5.42. The minimum Gasteiger partial charge on any atom is -0.356 e. The lowest BCUT2D eigenvalue weighted by atomic mass is 10.1. The van der Waals surface area contributed by atoms with Crippen molar-refractivity contribution in [1.82, 2.24) is 5.32 Å². The first kappa shape index (κ1) is 14.6. The van der Waals surface area contributed by atoms with E-state index in [0.717, 1.165) is 19.4 Å². The van der Waals surface area contributed by atoms with Gasteiger partial charge in [0.25, 0.3) is 0 Å². The second kappa shape index (κ2) is 7.68. The summed E-state index contributed by atoms with van der Waals surface area (Å²) in [5.74, 6) is 0.872. The fraction of sp³-hybridized carbons (Fsp3) is 0.562. The van der Waals surface area contributed by atoms with Gasteiger partial charge in [0.05, 0.1) is 0 Å². The normalized spacial score (nSPS) is 22.4. The molecule has 1 aromatic rings. The monoisotopic (exact) mass is 323 g/mol. The van der Waals surface area contributed by atoms with E-state index in [1.807, 2.05) is 18.2 Å². The average Bonchev–Trinajstić information content (AvgIpc) is 2.83. The number of hydrogen-bond donors (Lipinski definition) is 1. The molecule has 2 atom stereocenters.